The number of aliphatic hydroxyl groups excluding tert-OH is 11. The van der Waals surface area contributed by atoms with Gasteiger partial charge in [-0.1, -0.05) is 199 Å². The van der Waals surface area contributed by atoms with Crippen molar-refractivity contribution in [2.24, 2.45) is 0 Å². The number of unbranched alkanes of at least 4 members (excludes halogenated alkanes) is 27. The standard InChI is InChI=1S/C61H113NO18/c1-3-5-7-9-11-13-15-17-19-20-21-22-23-25-26-28-30-32-34-36-38-45(66)44(62-49(67)39-37-35-33-31-29-27-24-18-16-14-12-10-8-6-4-2)43-75-59-55(73)52(70)57(47(41-64)77-59)80-61-56(74)53(71)58(48(42-65)78-61)79-60-54(72)51(69)50(68)46(40-63)76-60/h12,14,18,24,44-48,50-61,63-66,68-74H,3-11,13,15-17,19-23,25-43H2,1-2H3,(H,62,67)/b14-12-,24-18-. The summed E-state index contributed by atoms with van der Waals surface area (Å²) in [6, 6.07) is -0.892. The molecule has 3 heterocycles. The van der Waals surface area contributed by atoms with Crippen molar-refractivity contribution < 1.29 is 89.4 Å². The van der Waals surface area contributed by atoms with Crippen molar-refractivity contribution in [1.82, 2.24) is 5.32 Å². The van der Waals surface area contributed by atoms with Gasteiger partial charge in [0, 0.05) is 6.42 Å². The van der Waals surface area contributed by atoms with Gasteiger partial charge in [0.15, 0.2) is 18.9 Å². The van der Waals surface area contributed by atoms with E-state index in [1.807, 2.05) is 0 Å². The van der Waals surface area contributed by atoms with E-state index in [0.717, 1.165) is 70.6 Å². The second kappa shape index (κ2) is 44.7. The lowest BCUT2D eigenvalue weighted by atomic mass is 9.96. The van der Waals surface area contributed by atoms with Crippen molar-refractivity contribution in [2.75, 3.05) is 26.4 Å². The Balaban J connectivity index is 1.48. The molecule has 80 heavy (non-hydrogen) atoms. The third-order valence-electron chi connectivity index (χ3n) is 16.0. The molecule has 0 saturated carbocycles. The van der Waals surface area contributed by atoms with Crippen molar-refractivity contribution in [3.8, 4) is 0 Å². The molecule has 0 radical (unpaired) electrons. The van der Waals surface area contributed by atoms with Gasteiger partial charge in [-0.3, -0.25) is 4.79 Å². The zero-order chi connectivity index (χ0) is 58.3. The molecular formula is C61H113NO18. The van der Waals surface area contributed by atoms with Crippen LogP contribution in [-0.4, -0.2) is 193 Å². The zero-order valence-electron chi connectivity index (χ0n) is 49.1. The normalized spacial score (nSPS) is 30.1. The van der Waals surface area contributed by atoms with Crippen LogP contribution in [-0.2, 0) is 33.2 Å². The summed E-state index contributed by atoms with van der Waals surface area (Å²) in [5.41, 5.74) is 0. The number of amides is 1. The number of carbonyl (C=O) groups is 1. The lowest BCUT2D eigenvalue weighted by Crippen LogP contribution is -2.66. The fourth-order valence-electron chi connectivity index (χ4n) is 10.8. The highest BCUT2D eigenvalue weighted by Gasteiger charge is 2.53. The number of rotatable bonds is 47. The summed E-state index contributed by atoms with van der Waals surface area (Å²) < 4.78 is 34.3. The molecule has 0 aromatic heterocycles. The fraction of sp³-hybridized carbons (Fsp3) is 0.918. The monoisotopic (exact) mass is 1150 g/mol. The van der Waals surface area contributed by atoms with Gasteiger partial charge in [0.25, 0.3) is 0 Å². The number of nitrogens with one attached hydrogen (secondary N) is 1. The number of hydrogen-bond acceptors (Lipinski definition) is 18. The minimum absolute atomic E-state index is 0.251. The average molecular weight is 1150 g/mol. The highest BCUT2D eigenvalue weighted by molar-refractivity contribution is 5.76. The van der Waals surface area contributed by atoms with E-state index in [2.05, 4.69) is 43.5 Å². The summed E-state index contributed by atoms with van der Waals surface area (Å²) in [4.78, 5) is 13.3. The van der Waals surface area contributed by atoms with Crippen molar-refractivity contribution in [3.63, 3.8) is 0 Å². The van der Waals surface area contributed by atoms with Gasteiger partial charge in [-0.05, 0) is 44.9 Å². The lowest BCUT2D eigenvalue weighted by Gasteiger charge is -2.48. The lowest BCUT2D eigenvalue weighted by molar-refractivity contribution is -0.379. The molecule has 3 aliphatic heterocycles. The van der Waals surface area contributed by atoms with Gasteiger partial charge in [0.1, 0.15) is 73.2 Å². The molecule has 0 bridgehead atoms. The number of hydrogen-bond donors (Lipinski definition) is 12. The topological polar surface area (TPSA) is 307 Å². The van der Waals surface area contributed by atoms with Crippen LogP contribution in [0, 0.1) is 0 Å². The largest absolute Gasteiger partial charge is 0.394 e. The Hall–Kier alpha value is -1.73. The highest BCUT2D eigenvalue weighted by atomic mass is 16.8. The summed E-state index contributed by atoms with van der Waals surface area (Å²) in [7, 11) is 0. The van der Waals surface area contributed by atoms with E-state index in [0.29, 0.717) is 12.8 Å². The first kappa shape index (κ1) is 72.5. The van der Waals surface area contributed by atoms with Crippen LogP contribution in [0.4, 0.5) is 0 Å². The Labute approximate surface area is 479 Å². The van der Waals surface area contributed by atoms with Gasteiger partial charge < -0.3 is 89.9 Å². The van der Waals surface area contributed by atoms with Crippen LogP contribution < -0.4 is 5.32 Å². The van der Waals surface area contributed by atoms with E-state index in [4.69, 9.17) is 28.4 Å². The predicted octanol–water partition coefficient (Wildman–Crippen LogP) is 6.32. The molecular weight excluding hydrogens is 1030 g/mol. The van der Waals surface area contributed by atoms with Crippen molar-refractivity contribution >= 4 is 5.91 Å². The molecule has 19 heteroatoms. The van der Waals surface area contributed by atoms with Crippen molar-refractivity contribution in [3.05, 3.63) is 24.3 Å². The summed E-state index contributed by atoms with van der Waals surface area (Å²) in [6.45, 7) is 1.76. The van der Waals surface area contributed by atoms with E-state index in [9.17, 15) is 61.0 Å². The quantitative estimate of drug-likeness (QED) is 0.0234. The maximum atomic E-state index is 13.3. The minimum Gasteiger partial charge on any atom is -0.394 e. The molecule has 12 N–H and O–H groups in total. The Kier molecular flexibility index (Phi) is 40.5. The van der Waals surface area contributed by atoms with Gasteiger partial charge in [0.2, 0.25) is 5.91 Å². The molecule has 1 amide bonds. The van der Waals surface area contributed by atoms with Gasteiger partial charge in [-0.2, -0.15) is 0 Å². The second-order valence-corrected chi connectivity index (χ2v) is 22.9. The first-order chi connectivity index (χ1) is 38.8. The number of ether oxygens (including phenoxy) is 6. The van der Waals surface area contributed by atoms with Crippen LogP contribution >= 0.6 is 0 Å². The average Bonchev–Trinajstić information content (AvgIpc) is 3.50. The zero-order valence-corrected chi connectivity index (χ0v) is 49.1. The summed E-state index contributed by atoms with van der Waals surface area (Å²) in [5, 5.41) is 120. The maximum Gasteiger partial charge on any atom is 0.220 e. The van der Waals surface area contributed by atoms with E-state index in [-0.39, 0.29) is 18.9 Å². The maximum absolute atomic E-state index is 13.3. The van der Waals surface area contributed by atoms with Gasteiger partial charge in [-0.15, -0.1) is 0 Å². The SMILES string of the molecule is CCCCC/C=C\C/C=C\CCCCCCCC(=O)NC(COC1OC(CO)C(OC2OC(CO)C(OC3OC(CO)C(O)C(O)C3O)C(O)C2O)C(O)C1O)C(O)CCCCCCCCCCCCCCCCCCCCCC. The second-order valence-electron chi connectivity index (χ2n) is 22.9. The van der Waals surface area contributed by atoms with Crippen LogP contribution in [0.3, 0.4) is 0 Å². The fourth-order valence-corrected chi connectivity index (χ4v) is 10.8. The predicted molar refractivity (Wildman–Crippen MR) is 305 cm³/mol. The first-order valence-electron chi connectivity index (χ1n) is 31.6. The van der Waals surface area contributed by atoms with E-state index < -0.39 is 124 Å². The number of carbonyl (C=O) groups excluding carboxylic acids is 1. The Morgan fingerprint density at radius 2 is 0.825 bits per heavy atom. The van der Waals surface area contributed by atoms with E-state index in [1.165, 1.54) is 122 Å². The molecule has 470 valence electrons. The summed E-state index contributed by atoms with van der Waals surface area (Å²) >= 11 is 0. The molecule has 0 aromatic rings. The number of allylic oxidation sites excluding steroid dienone is 4. The molecule has 3 rings (SSSR count). The Morgan fingerprint density at radius 3 is 1.30 bits per heavy atom. The number of aliphatic hydroxyl groups is 11. The highest BCUT2D eigenvalue weighted by Crippen LogP contribution is 2.33. The molecule has 0 spiro atoms. The first-order valence-corrected chi connectivity index (χ1v) is 31.6. The molecule has 3 fully saturated rings. The van der Waals surface area contributed by atoms with E-state index in [1.54, 1.807) is 0 Å². The smallest absolute Gasteiger partial charge is 0.220 e. The third kappa shape index (κ3) is 28.0. The molecule has 17 atom stereocenters. The van der Waals surface area contributed by atoms with Crippen LogP contribution in [0.15, 0.2) is 24.3 Å². The van der Waals surface area contributed by atoms with Gasteiger partial charge >= 0.3 is 0 Å². The molecule has 0 aromatic carbocycles. The molecule has 3 saturated heterocycles. The third-order valence-corrected chi connectivity index (χ3v) is 16.0. The van der Waals surface area contributed by atoms with Gasteiger partial charge in [0.05, 0.1) is 38.6 Å². The van der Waals surface area contributed by atoms with Crippen LogP contribution in [0.1, 0.15) is 226 Å². The van der Waals surface area contributed by atoms with E-state index >= 15 is 0 Å². The molecule has 19 nitrogen and oxygen atoms in total. The summed E-state index contributed by atoms with van der Waals surface area (Å²) in [5.74, 6) is -0.256. The van der Waals surface area contributed by atoms with Crippen molar-refractivity contribution in [2.45, 2.75) is 330 Å². The summed E-state index contributed by atoms with van der Waals surface area (Å²) in [6.07, 6.45) is 19.7. The van der Waals surface area contributed by atoms with Crippen LogP contribution in [0.5, 0.6) is 0 Å². The Morgan fingerprint density at radius 1 is 0.450 bits per heavy atom. The van der Waals surface area contributed by atoms with Crippen molar-refractivity contribution in [1.29, 1.82) is 0 Å². The molecule has 3 aliphatic rings. The molecule has 17 unspecified atom stereocenters. The Bertz CT molecular complexity index is 1560. The van der Waals surface area contributed by atoms with Crippen LogP contribution in [0.25, 0.3) is 0 Å². The minimum atomic E-state index is -1.97. The molecule has 0 aliphatic carbocycles. The van der Waals surface area contributed by atoms with Gasteiger partial charge in [-0.25, -0.2) is 0 Å². The van der Waals surface area contributed by atoms with Crippen LogP contribution in [0.2, 0.25) is 0 Å².